The summed E-state index contributed by atoms with van der Waals surface area (Å²) in [6.45, 7) is 0. The Morgan fingerprint density at radius 3 is 2.56 bits per heavy atom. The predicted octanol–water partition coefficient (Wildman–Crippen LogP) is 2.68. The van der Waals surface area contributed by atoms with Crippen molar-refractivity contribution in [1.29, 1.82) is 0 Å². The molecule has 3 nitrogen and oxygen atoms in total. The van der Waals surface area contributed by atoms with Gasteiger partial charge in [-0.25, -0.2) is 13.8 Å². The maximum absolute atomic E-state index is 13.2. The van der Waals surface area contributed by atoms with E-state index in [9.17, 15) is 18.0 Å². The normalized spacial score (nSPS) is 10.8. The van der Waals surface area contributed by atoms with Gasteiger partial charge in [0, 0.05) is 22.7 Å². The first-order valence-electron chi connectivity index (χ1n) is 4.19. The minimum atomic E-state index is -2.81. The van der Waals surface area contributed by atoms with Crippen molar-refractivity contribution < 1.29 is 23.1 Å². The molecule has 0 unspecified atom stereocenters. The van der Waals surface area contributed by atoms with Crippen LogP contribution in [-0.4, -0.2) is 16.1 Å². The fraction of sp³-hybridized carbons (Fsp3) is 0.333. The van der Waals surface area contributed by atoms with E-state index in [-0.39, 0.29) is 16.5 Å². The Balaban J connectivity index is 3.32. The molecule has 1 aromatic heterocycles. The van der Waals surface area contributed by atoms with E-state index in [2.05, 4.69) is 20.9 Å². The van der Waals surface area contributed by atoms with Gasteiger partial charge in [0.15, 0.2) is 0 Å². The van der Waals surface area contributed by atoms with Crippen molar-refractivity contribution >= 4 is 21.9 Å². The third kappa shape index (κ3) is 2.72. The molecule has 0 saturated carbocycles. The smallest absolute Gasteiger partial charge is 0.308 e. The monoisotopic (exact) mass is 297 g/mol. The summed E-state index contributed by atoms with van der Waals surface area (Å²) in [6, 6.07) is 0. The molecule has 7 heteroatoms. The highest BCUT2D eigenvalue weighted by molar-refractivity contribution is 9.08. The summed E-state index contributed by atoms with van der Waals surface area (Å²) in [5.41, 5.74) is -0.804. The average Bonchev–Trinajstić information content (AvgIpc) is 2.19. The number of rotatable bonds is 4. The molecule has 0 saturated heterocycles. The Morgan fingerprint density at radius 1 is 1.50 bits per heavy atom. The molecule has 0 atom stereocenters. The van der Waals surface area contributed by atoms with Crippen LogP contribution in [0.15, 0.2) is 6.20 Å². The second kappa shape index (κ2) is 5.29. The van der Waals surface area contributed by atoms with Crippen molar-refractivity contribution in [2.24, 2.45) is 0 Å². The van der Waals surface area contributed by atoms with E-state index in [1.807, 2.05) is 0 Å². The van der Waals surface area contributed by atoms with Crippen LogP contribution < -0.4 is 0 Å². The van der Waals surface area contributed by atoms with Gasteiger partial charge in [0.25, 0.3) is 6.43 Å². The van der Waals surface area contributed by atoms with E-state index >= 15 is 0 Å². The Labute approximate surface area is 97.4 Å². The van der Waals surface area contributed by atoms with Crippen molar-refractivity contribution in [1.82, 2.24) is 4.98 Å². The third-order valence-corrected chi connectivity index (χ3v) is 2.54. The molecule has 0 aromatic carbocycles. The molecule has 0 bridgehead atoms. The summed E-state index contributed by atoms with van der Waals surface area (Å²) < 4.78 is 38.3. The second-order valence-electron chi connectivity index (χ2n) is 2.97. The largest absolute Gasteiger partial charge is 0.481 e. The Kier molecular flexibility index (Phi) is 4.28. The standard InChI is InChI=1S/C9H7BrF3NO2/c10-2-5-4(1-7(15)16)9(13)14-3-6(5)8(11)12/h3,8H,1-2H2,(H,15,16). The summed E-state index contributed by atoms with van der Waals surface area (Å²) >= 11 is 2.93. The SMILES string of the molecule is O=C(O)Cc1c(F)ncc(C(F)F)c1CBr. The first kappa shape index (κ1) is 13.0. The highest BCUT2D eigenvalue weighted by atomic mass is 79.9. The van der Waals surface area contributed by atoms with Gasteiger partial charge in [0.1, 0.15) is 0 Å². The van der Waals surface area contributed by atoms with Gasteiger partial charge in [0.05, 0.1) is 6.42 Å². The van der Waals surface area contributed by atoms with Gasteiger partial charge in [-0.15, -0.1) is 0 Å². The fourth-order valence-corrected chi connectivity index (χ4v) is 1.92. The molecule has 1 heterocycles. The summed E-state index contributed by atoms with van der Waals surface area (Å²) in [7, 11) is 0. The highest BCUT2D eigenvalue weighted by Crippen LogP contribution is 2.28. The third-order valence-electron chi connectivity index (χ3n) is 1.98. The number of hydrogen-bond acceptors (Lipinski definition) is 2. The topological polar surface area (TPSA) is 50.2 Å². The van der Waals surface area contributed by atoms with Gasteiger partial charge < -0.3 is 5.11 Å². The zero-order valence-electron chi connectivity index (χ0n) is 7.88. The van der Waals surface area contributed by atoms with Crippen molar-refractivity contribution in [2.75, 3.05) is 0 Å². The van der Waals surface area contributed by atoms with E-state index in [1.165, 1.54) is 0 Å². The van der Waals surface area contributed by atoms with Gasteiger partial charge in [-0.3, -0.25) is 4.79 Å². The maximum atomic E-state index is 13.2. The lowest BCUT2D eigenvalue weighted by atomic mass is 10.0. The number of carboxylic acids is 1. The maximum Gasteiger partial charge on any atom is 0.308 e. The molecule has 0 aliphatic heterocycles. The fourth-order valence-electron chi connectivity index (χ4n) is 1.26. The molecule has 0 amide bonds. The number of pyridine rings is 1. The molecule has 0 fully saturated rings. The molecule has 1 rings (SSSR count). The van der Waals surface area contributed by atoms with Crippen LogP contribution in [0.3, 0.4) is 0 Å². The molecular formula is C9H7BrF3NO2. The van der Waals surface area contributed by atoms with Crippen LogP contribution in [0.25, 0.3) is 0 Å². The molecule has 0 radical (unpaired) electrons. The predicted molar refractivity (Wildman–Crippen MR) is 53.1 cm³/mol. The van der Waals surface area contributed by atoms with Crippen LogP contribution in [0, 0.1) is 5.95 Å². The van der Waals surface area contributed by atoms with E-state index in [1.54, 1.807) is 0 Å². The molecule has 1 aromatic rings. The summed E-state index contributed by atoms with van der Waals surface area (Å²) in [4.78, 5) is 13.6. The molecule has 0 spiro atoms. The second-order valence-corrected chi connectivity index (χ2v) is 3.53. The van der Waals surface area contributed by atoms with E-state index < -0.39 is 30.3 Å². The Morgan fingerprint density at radius 2 is 2.12 bits per heavy atom. The number of nitrogens with zero attached hydrogens (tertiary/aromatic N) is 1. The molecule has 88 valence electrons. The lowest BCUT2D eigenvalue weighted by Crippen LogP contribution is -2.10. The molecule has 0 aliphatic rings. The van der Waals surface area contributed by atoms with Crippen LogP contribution in [0.4, 0.5) is 13.2 Å². The molecular weight excluding hydrogens is 291 g/mol. The van der Waals surface area contributed by atoms with E-state index in [0.717, 1.165) is 6.20 Å². The van der Waals surface area contributed by atoms with E-state index in [4.69, 9.17) is 5.11 Å². The van der Waals surface area contributed by atoms with Gasteiger partial charge in [-0.2, -0.15) is 4.39 Å². The van der Waals surface area contributed by atoms with Crippen LogP contribution in [0.5, 0.6) is 0 Å². The van der Waals surface area contributed by atoms with E-state index in [0.29, 0.717) is 0 Å². The van der Waals surface area contributed by atoms with Crippen molar-refractivity contribution in [3.63, 3.8) is 0 Å². The quantitative estimate of drug-likeness (QED) is 0.687. The number of carboxylic acid groups (broad SMARTS) is 1. The van der Waals surface area contributed by atoms with Gasteiger partial charge in [-0.05, 0) is 5.56 Å². The minimum absolute atomic E-state index is 0.0469. The number of carbonyl (C=O) groups is 1. The molecule has 0 aliphatic carbocycles. The number of aromatic nitrogens is 1. The van der Waals surface area contributed by atoms with Crippen LogP contribution >= 0.6 is 15.9 Å². The summed E-state index contributed by atoms with van der Waals surface area (Å²) in [5, 5.41) is 8.50. The van der Waals surface area contributed by atoms with Crippen LogP contribution in [0.2, 0.25) is 0 Å². The van der Waals surface area contributed by atoms with Crippen LogP contribution in [0.1, 0.15) is 23.1 Å². The van der Waals surface area contributed by atoms with Gasteiger partial charge >= 0.3 is 5.97 Å². The van der Waals surface area contributed by atoms with Gasteiger partial charge in [0.2, 0.25) is 5.95 Å². The first-order valence-corrected chi connectivity index (χ1v) is 5.31. The van der Waals surface area contributed by atoms with Crippen LogP contribution in [-0.2, 0) is 16.5 Å². The minimum Gasteiger partial charge on any atom is -0.481 e. The summed E-state index contributed by atoms with van der Waals surface area (Å²) in [5.74, 6) is -2.32. The zero-order valence-corrected chi connectivity index (χ0v) is 9.47. The number of halogens is 4. The Hall–Kier alpha value is -1.11. The van der Waals surface area contributed by atoms with Crippen molar-refractivity contribution in [2.45, 2.75) is 18.2 Å². The lowest BCUT2D eigenvalue weighted by molar-refractivity contribution is -0.136. The molecule has 1 N–H and O–H groups in total. The molecule has 16 heavy (non-hydrogen) atoms. The first-order chi connectivity index (χ1) is 7.47. The Bertz CT molecular complexity index is 412. The lowest BCUT2D eigenvalue weighted by Gasteiger charge is -2.11. The van der Waals surface area contributed by atoms with Crippen molar-refractivity contribution in [3.05, 3.63) is 28.8 Å². The number of alkyl halides is 3. The summed E-state index contributed by atoms with van der Waals surface area (Å²) in [6.07, 6.45) is -2.75. The number of hydrogen-bond donors (Lipinski definition) is 1. The zero-order chi connectivity index (χ0) is 12.3. The van der Waals surface area contributed by atoms with Gasteiger partial charge in [-0.1, -0.05) is 15.9 Å². The highest BCUT2D eigenvalue weighted by Gasteiger charge is 2.21. The number of aliphatic carboxylic acids is 1. The average molecular weight is 298 g/mol. The van der Waals surface area contributed by atoms with Crippen molar-refractivity contribution in [3.8, 4) is 0 Å².